The smallest absolute Gasteiger partial charge is 0.258 e. The predicted molar refractivity (Wildman–Crippen MR) is 116 cm³/mol. The third-order valence-electron chi connectivity index (χ3n) is 4.59. The van der Waals surface area contributed by atoms with E-state index >= 15 is 0 Å². The molecule has 0 unspecified atom stereocenters. The van der Waals surface area contributed by atoms with Gasteiger partial charge in [0.25, 0.3) is 5.56 Å². The van der Waals surface area contributed by atoms with Crippen LogP contribution in [0.5, 0.6) is 0 Å². The number of halogens is 1. The second kappa shape index (κ2) is 8.39. The van der Waals surface area contributed by atoms with Crippen molar-refractivity contribution < 1.29 is 4.39 Å². The van der Waals surface area contributed by atoms with Gasteiger partial charge in [-0.3, -0.25) is 9.20 Å². The number of aryl methyl sites for hydroxylation is 1. The molecule has 0 aliphatic carbocycles. The fourth-order valence-electron chi connectivity index (χ4n) is 3.24. The first-order chi connectivity index (χ1) is 14.4. The van der Waals surface area contributed by atoms with Gasteiger partial charge >= 0.3 is 0 Å². The van der Waals surface area contributed by atoms with Crippen LogP contribution in [0.4, 0.5) is 4.39 Å². The van der Waals surface area contributed by atoms with E-state index in [0.29, 0.717) is 46.1 Å². The fourth-order valence-corrected chi connectivity index (χ4v) is 4.08. The van der Waals surface area contributed by atoms with Crippen LogP contribution in [0, 0.1) is 18.7 Å². The predicted octanol–water partition coefficient (Wildman–Crippen LogP) is 4.35. The average Bonchev–Trinajstić information content (AvgIpc) is 3.09. The number of aromatic nitrogens is 5. The Morgan fingerprint density at radius 1 is 1.13 bits per heavy atom. The van der Waals surface area contributed by atoms with Crippen molar-refractivity contribution in [2.75, 3.05) is 0 Å². The van der Waals surface area contributed by atoms with Gasteiger partial charge in [0.2, 0.25) is 0 Å². The molecule has 154 valence electrons. The van der Waals surface area contributed by atoms with E-state index in [1.165, 1.54) is 17.8 Å². The normalized spacial score (nSPS) is 11.5. The average molecular weight is 424 g/mol. The molecule has 0 aliphatic heterocycles. The molecule has 0 saturated heterocycles. The first-order valence-electron chi connectivity index (χ1n) is 9.72. The second-order valence-corrected chi connectivity index (χ2v) is 8.54. The van der Waals surface area contributed by atoms with Gasteiger partial charge in [0.1, 0.15) is 11.5 Å². The van der Waals surface area contributed by atoms with E-state index in [1.807, 2.05) is 23.6 Å². The van der Waals surface area contributed by atoms with E-state index in [1.54, 1.807) is 34.9 Å². The Labute approximate surface area is 177 Å². The number of pyridine rings is 1. The molecule has 0 aliphatic rings. The molecule has 0 fully saturated rings. The Hall–Kier alpha value is -3.00. The summed E-state index contributed by atoms with van der Waals surface area (Å²) in [5, 5.41) is 9.23. The SMILES string of the molecule is Cc1ccc2nc(CSc3nnc(-c4ccccc4F)n3CC(C)C)cc(=O)n2c1. The van der Waals surface area contributed by atoms with Crippen LogP contribution in [0.2, 0.25) is 0 Å². The lowest BCUT2D eigenvalue weighted by Gasteiger charge is -2.13. The van der Waals surface area contributed by atoms with Crippen LogP contribution in [-0.4, -0.2) is 24.1 Å². The van der Waals surface area contributed by atoms with Gasteiger partial charge in [-0.15, -0.1) is 10.2 Å². The highest BCUT2D eigenvalue weighted by atomic mass is 32.2. The molecule has 8 heteroatoms. The molecule has 4 rings (SSSR count). The van der Waals surface area contributed by atoms with Crippen LogP contribution >= 0.6 is 11.8 Å². The zero-order valence-corrected chi connectivity index (χ0v) is 17.9. The number of benzene rings is 1. The van der Waals surface area contributed by atoms with Crippen LogP contribution in [0.15, 0.2) is 58.6 Å². The summed E-state index contributed by atoms with van der Waals surface area (Å²) < 4.78 is 17.8. The molecule has 1 aromatic carbocycles. The van der Waals surface area contributed by atoms with Crippen molar-refractivity contribution in [3.8, 4) is 11.4 Å². The molecule has 0 bridgehead atoms. The lowest BCUT2D eigenvalue weighted by Crippen LogP contribution is -2.15. The highest BCUT2D eigenvalue weighted by Crippen LogP contribution is 2.28. The van der Waals surface area contributed by atoms with Crippen LogP contribution in [0.3, 0.4) is 0 Å². The molecule has 6 nitrogen and oxygen atoms in total. The van der Waals surface area contributed by atoms with Gasteiger partial charge in [0.15, 0.2) is 11.0 Å². The van der Waals surface area contributed by atoms with Gasteiger partial charge in [-0.25, -0.2) is 9.37 Å². The second-order valence-electron chi connectivity index (χ2n) is 7.60. The summed E-state index contributed by atoms with van der Waals surface area (Å²) in [5.41, 5.74) is 2.58. The van der Waals surface area contributed by atoms with Crippen molar-refractivity contribution >= 4 is 17.4 Å². The van der Waals surface area contributed by atoms with Gasteiger partial charge in [0, 0.05) is 24.6 Å². The van der Waals surface area contributed by atoms with Gasteiger partial charge in [-0.1, -0.05) is 43.8 Å². The summed E-state index contributed by atoms with van der Waals surface area (Å²) >= 11 is 1.44. The summed E-state index contributed by atoms with van der Waals surface area (Å²) in [5.74, 6) is 0.974. The Kier molecular flexibility index (Phi) is 5.67. The van der Waals surface area contributed by atoms with E-state index < -0.39 is 0 Å². The van der Waals surface area contributed by atoms with Gasteiger partial charge in [0.05, 0.1) is 11.3 Å². The molecular weight excluding hydrogens is 401 g/mol. The Morgan fingerprint density at radius 3 is 2.70 bits per heavy atom. The van der Waals surface area contributed by atoms with Crippen molar-refractivity contribution in [1.29, 1.82) is 0 Å². The van der Waals surface area contributed by atoms with E-state index in [0.717, 1.165) is 5.56 Å². The van der Waals surface area contributed by atoms with Crippen molar-refractivity contribution in [2.24, 2.45) is 5.92 Å². The number of fused-ring (bicyclic) bond motifs is 1. The largest absolute Gasteiger partial charge is 0.302 e. The summed E-state index contributed by atoms with van der Waals surface area (Å²) in [4.78, 5) is 17.0. The summed E-state index contributed by atoms with van der Waals surface area (Å²) in [6.07, 6.45) is 1.78. The van der Waals surface area contributed by atoms with Gasteiger partial charge in [-0.2, -0.15) is 0 Å². The number of hydrogen-bond acceptors (Lipinski definition) is 5. The van der Waals surface area contributed by atoms with Gasteiger partial charge in [-0.05, 0) is 36.6 Å². The van der Waals surface area contributed by atoms with Crippen molar-refractivity contribution in [2.45, 2.75) is 38.2 Å². The van der Waals surface area contributed by atoms with E-state index in [4.69, 9.17) is 0 Å². The maximum Gasteiger partial charge on any atom is 0.258 e. The first kappa shape index (κ1) is 20.3. The molecular formula is C22H22FN5OS. The van der Waals surface area contributed by atoms with Crippen molar-refractivity contribution in [3.63, 3.8) is 0 Å². The minimum atomic E-state index is -0.328. The molecule has 0 radical (unpaired) electrons. The highest BCUT2D eigenvalue weighted by Gasteiger charge is 2.18. The summed E-state index contributed by atoms with van der Waals surface area (Å²) in [7, 11) is 0. The Bertz CT molecular complexity index is 1260. The topological polar surface area (TPSA) is 65.1 Å². The zero-order chi connectivity index (χ0) is 21.3. The van der Waals surface area contributed by atoms with Crippen molar-refractivity contribution in [1.82, 2.24) is 24.1 Å². The standard InChI is InChI=1S/C22H22FN5OS/c1-14(2)11-28-21(17-6-4-5-7-18(17)23)25-26-22(28)30-13-16-10-20(29)27-12-15(3)8-9-19(27)24-16/h4-10,12,14H,11,13H2,1-3H3. The molecule has 0 amide bonds. The quantitative estimate of drug-likeness (QED) is 0.432. The lowest BCUT2D eigenvalue weighted by atomic mass is 10.2. The first-order valence-corrected chi connectivity index (χ1v) is 10.7. The van der Waals surface area contributed by atoms with E-state index in [9.17, 15) is 9.18 Å². The molecule has 0 saturated carbocycles. The van der Waals surface area contributed by atoms with Crippen LogP contribution in [-0.2, 0) is 12.3 Å². The molecule has 4 aromatic rings. The lowest BCUT2D eigenvalue weighted by molar-refractivity contribution is 0.496. The Balaban J connectivity index is 1.65. The molecule has 30 heavy (non-hydrogen) atoms. The van der Waals surface area contributed by atoms with E-state index in [2.05, 4.69) is 29.0 Å². The molecule has 3 heterocycles. The maximum absolute atomic E-state index is 14.3. The zero-order valence-electron chi connectivity index (χ0n) is 17.0. The minimum absolute atomic E-state index is 0.116. The number of thioether (sulfide) groups is 1. The molecule has 0 atom stereocenters. The highest BCUT2D eigenvalue weighted by molar-refractivity contribution is 7.98. The third kappa shape index (κ3) is 4.14. The number of hydrogen-bond donors (Lipinski definition) is 0. The molecule has 0 N–H and O–H groups in total. The van der Waals surface area contributed by atoms with Gasteiger partial charge < -0.3 is 4.57 Å². The Morgan fingerprint density at radius 2 is 1.93 bits per heavy atom. The molecule has 0 spiro atoms. The fraction of sp³-hybridized carbons (Fsp3) is 0.273. The monoisotopic (exact) mass is 423 g/mol. The number of nitrogens with zero attached hydrogens (tertiary/aromatic N) is 5. The van der Waals surface area contributed by atoms with Crippen LogP contribution in [0.1, 0.15) is 25.1 Å². The minimum Gasteiger partial charge on any atom is -0.302 e. The summed E-state index contributed by atoms with van der Waals surface area (Å²) in [6, 6.07) is 11.9. The van der Waals surface area contributed by atoms with Crippen LogP contribution < -0.4 is 5.56 Å². The van der Waals surface area contributed by atoms with E-state index in [-0.39, 0.29) is 11.4 Å². The third-order valence-corrected chi connectivity index (χ3v) is 5.59. The number of rotatable bonds is 6. The molecule has 3 aromatic heterocycles. The summed E-state index contributed by atoms with van der Waals surface area (Å²) in [6.45, 7) is 6.77. The maximum atomic E-state index is 14.3. The van der Waals surface area contributed by atoms with Crippen LogP contribution in [0.25, 0.3) is 17.0 Å². The van der Waals surface area contributed by atoms with Crippen molar-refractivity contribution in [3.05, 3.63) is 76.1 Å².